The summed E-state index contributed by atoms with van der Waals surface area (Å²) in [4.78, 5) is 1.82. The van der Waals surface area contributed by atoms with Crippen LogP contribution in [0.2, 0.25) is 0 Å². The predicted octanol–water partition coefficient (Wildman–Crippen LogP) is 0.898. The van der Waals surface area contributed by atoms with Crippen molar-refractivity contribution in [2.45, 2.75) is 19.3 Å². The summed E-state index contributed by atoms with van der Waals surface area (Å²) in [6.45, 7) is 2.22. The zero-order valence-electron chi connectivity index (χ0n) is 9.59. The molecule has 5 heteroatoms. The van der Waals surface area contributed by atoms with Crippen LogP contribution in [0.4, 0.5) is 0 Å². The molecule has 0 radical (unpaired) electrons. The molecule has 0 aliphatic carbocycles. The van der Waals surface area contributed by atoms with Gasteiger partial charge in [0.2, 0.25) is 5.91 Å². The summed E-state index contributed by atoms with van der Waals surface area (Å²) in [6, 6.07) is 0. The molecule has 0 aliphatic rings. The largest absolute Gasteiger partial charge is 0.484 e. The average molecular weight is 204 g/mol. The van der Waals surface area contributed by atoms with Gasteiger partial charge < -0.3 is 14.2 Å². The molecule has 0 aliphatic heterocycles. The molecular formula is C9H20N2O3. The summed E-state index contributed by atoms with van der Waals surface area (Å²) in [5.74, 6) is -0.532. The van der Waals surface area contributed by atoms with Gasteiger partial charge in [-0.1, -0.05) is 0 Å². The molecule has 0 aromatic heterocycles. The lowest BCUT2D eigenvalue weighted by Gasteiger charge is -2.34. The zero-order chi connectivity index (χ0) is 11.2. The highest BCUT2D eigenvalue weighted by Crippen LogP contribution is 2.14. The molecule has 0 aromatic rings. The molecule has 84 valence electrons. The highest BCUT2D eigenvalue weighted by atomic mass is 16.7. The lowest BCUT2D eigenvalue weighted by molar-refractivity contribution is -0.282. The molecule has 0 fully saturated rings. The Morgan fingerprint density at radius 3 is 2.29 bits per heavy atom. The Bertz CT molecular complexity index is 185. The first-order valence-corrected chi connectivity index (χ1v) is 4.44. The number of hydrogen-bond acceptors (Lipinski definition) is 5. The number of methoxy groups -OCH3 is 2. The quantitative estimate of drug-likeness (QED) is 0.397. The summed E-state index contributed by atoms with van der Waals surface area (Å²) < 4.78 is 15.4. The Hall–Kier alpha value is -0.650. The van der Waals surface area contributed by atoms with Crippen LogP contribution in [0.5, 0.6) is 0 Å². The molecular weight excluding hydrogens is 184 g/mol. The fraction of sp³-hybridized carbons (Fsp3) is 0.889. The highest BCUT2D eigenvalue weighted by Gasteiger charge is 2.26. The number of rotatable bonds is 6. The molecule has 0 bridgehead atoms. The first-order valence-electron chi connectivity index (χ1n) is 4.44. The average Bonchev–Trinajstić information content (AvgIpc) is 2.16. The van der Waals surface area contributed by atoms with Gasteiger partial charge in [-0.15, -0.1) is 0 Å². The normalized spacial score (nSPS) is 15.3. The maximum atomic E-state index is 7.25. The van der Waals surface area contributed by atoms with Crippen LogP contribution < -0.4 is 0 Å². The van der Waals surface area contributed by atoms with Crippen LogP contribution in [-0.2, 0) is 14.2 Å². The van der Waals surface area contributed by atoms with Gasteiger partial charge in [0, 0.05) is 20.5 Å². The van der Waals surface area contributed by atoms with E-state index in [0.717, 1.165) is 0 Å². The van der Waals surface area contributed by atoms with Gasteiger partial charge in [0.1, 0.15) is 0 Å². The van der Waals surface area contributed by atoms with Gasteiger partial charge in [-0.2, -0.15) is 0 Å². The fourth-order valence-electron chi connectivity index (χ4n) is 0.806. The molecule has 1 unspecified atom stereocenters. The SMILES string of the molecule is COC(=N)CCOC(C)(OC)N(C)C. The summed E-state index contributed by atoms with van der Waals surface area (Å²) in [5, 5.41) is 7.25. The molecule has 0 aromatic carbocycles. The highest BCUT2D eigenvalue weighted by molar-refractivity contribution is 5.72. The van der Waals surface area contributed by atoms with Crippen LogP contribution in [0.25, 0.3) is 0 Å². The minimum Gasteiger partial charge on any atom is -0.484 e. The predicted molar refractivity (Wildman–Crippen MR) is 54.4 cm³/mol. The van der Waals surface area contributed by atoms with Crippen LogP contribution in [0.1, 0.15) is 13.3 Å². The van der Waals surface area contributed by atoms with Crippen molar-refractivity contribution in [2.24, 2.45) is 0 Å². The number of nitrogens with zero attached hydrogens (tertiary/aromatic N) is 1. The summed E-state index contributed by atoms with van der Waals surface area (Å²) in [5.41, 5.74) is 0. The molecule has 1 N–H and O–H groups in total. The second-order valence-corrected chi connectivity index (χ2v) is 3.22. The van der Waals surface area contributed by atoms with E-state index in [2.05, 4.69) is 0 Å². The Morgan fingerprint density at radius 2 is 1.93 bits per heavy atom. The lowest BCUT2D eigenvalue weighted by atomic mass is 10.4. The van der Waals surface area contributed by atoms with Crippen molar-refractivity contribution < 1.29 is 14.2 Å². The van der Waals surface area contributed by atoms with Gasteiger partial charge in [0.05, 0.1) is 13.7 Å². The van der Waals surface area contributed by atoms with Crippen LogP contribution >= 0.6 is 0 Å². The molecule has 0 rings (SSSR count). The van der Waals surface area contributed by atoms with E-state index in [1.807, 2.05) is 25.9 Å². The third-order valence-electron chi connectivity index (χ3n) is 2.14. The van der Waals surface area contributed by atoms with E-state index in [0.29, 0.717) is 13.0 Å². The van der Waals surface area contributed by atoms with Crippen molar-refractivity contribution in [3.63, 3.8) is 0 Å². The van der Waals surface area contributed by atoms with Crippen molar-refractivity contribution in [2.75, 3.05) is 34.9 Å². The molecule has 5 nitrogen and oxygen atoms in total. The molecule has 0 amide bonds. The Kier molecular flexibility index (Phi) is 5.68. The summed E-state index contributed by atoms with van der Waals surface area (Å²) in [7, 11) is 6.79. The minimum absolute atomic E-state index is 0.210. The second kappa shape index (κ2) is 5.95. The monoisotopic (exact) mass is 204 g/mol. The fourth-order valence-corrected chi connectivity index (χ4v) is 0.806. The summed E-state index contributed by atoms with van der Waals surface area (Å²) >= 11 is 0. The minimum atomic E-state index is -0.742. The van der Waals surface area contributed by atoms with E-state index in [-0.39, 0.29) is 5.90 Å². The van der Waals surface area contributed by atoms with Crippen molar-refractivity contribution >= 4 is 5.90 Å². The molecule has 0 saturated heterocycles. The molecule has 14 heavy (non-hydrogen) atoms. The van der Waals surface area contributed by atoms with Gasteiger partial charge in [0.25, 0.3) is 0 Å². The van der Waals surface area contributed by atoms with E-state index in [1.54, 1.807) is 7.11 Å². The van der Waals surface area contributed by atoms with E-state index in [9.17, 15) is 0 Å². The first-order chi connectivity index (χ1) is 6.46. The maximum Gasteiger partial charge on any atom is 0.226 e. The van der Waals surface area contributed by atoms with Gasteiger partial charge in [0.15, 0.2) is 5.90 Å². The third-order valence-corrected chi connectivity index (χ3v) is 2.14. The van der Waals surface area contributed by atoms with Crippen LogP contribution in [0.3, 0.4) is 0 Å². The zero-order valence-corrected chi connectivity index (χ0v) is 9.59. The van der Waals surface area contributed by atoms with E-state index in [1.165, 1.54) is 7.11 Å². The van der Waals surface area contributed by atoms with Gasteiger partial charge in [-0.3, -0.25) is 10.3 Å². The Labute approximate surface area is 85.4 Å². The Balaban J connectivity index is 3.90. The van der Waals surface area contributed by atoms with Crippen LogP contribution in [0, 0.1) is 5.41 Å². The van der Waals surface area contributed by atoms with Crippen LogP contribution in [0.15, 0.2) is 0 Å². The van der Waals surface area contributed by atoms with Gasteiger partial charge in [-0.25, -0.2) is 0 Å². The maximum absolute atomic E-state index is 7.25. The topological polar surface area (TPSA) is 54.8 Å². The van der Waals surface area contributed by atoms with Crippen LogP contribution in [-0.4, -0.2) is 51.6 Å². The molecule has 1 atom stereocenters. The van der Waals surface area contributed by atoms with Crippen molar-refractivity contribution in [1.29, 1.82) is 5.41 Å². The van der Waals surface area contributed by atoms with Crippen molar-refractivity contribution in [3.8, 4) is 0 Å². The summed E-state index contributed by atoms with van der Waals surface area (Å²) in [6.07, 6.45) is 0.448. The second-order valence-electron chi connectivity index (χ2n) is 3.22. The number of hydrogen-bond donors (Lipinski definition) is 1. The van der Waals surface area contributed by atoms with Crippen molar-refractivity contribution in [3.05, 3.63) is 0 Å². The van der Waals surface area contributed by atoms with E-state index in [4.69, 9.17) is 19.6 Å². The molecule has 0 spiro atoms. The standard InChI is InChI=1S/C9H20N2O3/c1-9(13-5,11(2)3)14-7-6-8(10)12-4/h10H,6-7H2,1-5H3. The number of nitrogens with one attached hydrogen (secondary N) is 1. The van der Waals surface area contributed by atoms with Gasteiger partial charge in [-0.05, 0) is 14.1 Å². The lowest BCUT2D eigenvalue weighted by Crippen LogP contribution is -2.46. The molecule has 0 heterocycles. The molecule has 0 saturated carbocycles. The number of ether oxygens (including phenoxy) is 3. The first kappa shape index (κ1) is 13.4. The smallest absolute Gasteiger partial charge is 0.226 e. The third kappa shape index (κ3) is 4.04. The van der Waals surface area contributed by atoms with E-state index < -0.39 is 5.91 Å². The Morgan fingerprint density at radius 1 is 1.36 bits per heavy atom. The van der Waals surface area contributed by atoms with Crippen molar-refractivity contribution in [1.82, 2.24) is 4.90 Å². The van der Waals surface area contributed by atoms with E-state index >= 15 is 0 Å². The van der Waals surface area contributed by atoms with Gasteiger partial charge >= 0.3 is 0 Å².